The lowest BCUT2D eigenvalue weighted by Crippen LogP contribution is -2.18. The van der Waals surface area contributed by atoms with Crippen molar-refractivity contribution in [2.75, 3.05) is 7.05 Å². The summed E-state index contributed by atoms with van der Waals surface area (Å²) in [6.07, 6.45) is 1.67. The third-order valence-electron chi connectivity index (χ3n) is 4.16. The van der Waals surface area contributed by atoms with Gasteiger partial charge in [0.25, 0.3) is 0 Å². The van der Waals surface area contributed by atoms with Crippen LogP contribution in [0.3, 0.4) is 0 Å². The number of hydrogen-bond donors (Lipinski definition) is 0. The average Bonchev–Trinajstić information content (AvgIpc) is 3.07. The van der Waals surface area contributed by atoms with Crippen LogP contribution in [0.2, 0.25) is 0 Å². The molecule has 0 unspecified atom stereocenters. The molecule has 4 rings (SSSR count). The maximum Gasteiger partial charge on any atom is 0.336 e. The second kappa shape index (κ2) is 5.98. The van der Waals surface area contributed by atoms with Crippen molar-refractivity contribution in [3.05, 3.63) is 82.6 Å². The van der Waals surface area contributed by atoms with Gasteiger partial charge in [-0.2, -0.15) is 0 Å². The van der Waals surface area contributed by atoms with E-state index in [9.17, 15) is 4.79 Å². The molecule has 0 amide bonds. The van der Waals surface area contributed by atoms with Crippen molar-refractivity contribution in [2.45, 2.75) is 13.1 Å². The van der Waals surface area contributed by atoms with E-state index in [0.717, 1.165) is 27.5 Å². The van der Waals surface area contributed by atoms with Gasteiger partial charge in [0.2, 0.25) is 0 Å². The Morgan fingerprint density at radius 3 is 2.71 bits per heavy atom. The molecule has 0 radical (unpaired) electrons. The van der Waals surface area contributed by atoms with E-state index >= 15 is 0 Å². The van der Waals surface area contributed by atoms with Gasteiger partial charge in [0, 0.05) is 18.0 Å². The predicted octanol–water partition coefficient (Wildman–Crippen LogP) is 4.17. The van der Waals surface area contributed by atoms with Gasteiger partial charge in [-0.3, -0.25) is 4.90 Å². The predicted molar refractivity (Wildman–Crippen MR) is 93.9 cm³/mol. The van der Waals surface area contributed by atoms with Crippen molar-refractivity contribution in [3.63, 3.8) is 0 Å². The zero-order chi connectivity index (χ0) is 16.5. The van der Waals surface area contributed by atoms with Crippen molar-refractivity contribution in [1.82, 2.24) is 4.90 Å². The maximum atomic E-state index is 11.9. The van der Waals surface area contributed by atoms with Crippen LogP contribution in [0.1, 0.15) is 11.3 Å². The first kappa shape index (κ1) is 14.7. The van der Waals surface area contributed by atoms with E-state index in [4.69, 9.17) is 8.83 Å². The zero-order valence-corrected chi connectivity index (χ0v) is 13.4. The summed E-state index contributed by atoms with van der Waals surface area (Å²) in [5.41, 5.74) is 1.27. The number of furan rings is 1. The molecule has 2 aromatic heterocycles. The summed E-state index contributed by atoms with van der Waals surface area (Å²) < 4.78 is 10.8. The van der Waals surface area contributed by atoms with Gasteiger partial charge in [-0.05, 0) is 41.6 Å². The standard InChI is InChI=1S/C20H17NO3/c1-21(13-16-6-4-10-23-16)12-15-11-19(22)24-18-9-8-14-5-2-3-7-17(14)20(15)18/h2-11H,12-13H2,1H3. The molecule has 4 nitrogen and oxygen atoms in total. The highest BCUT2D eigenvalue weighted by molar-refractivity contribution is 6.07. The van der Waals surface area contributed by atoms with E-state index in [1.165, 1.54) is 0 Å². The average molecular weight is 319 g/mol. The molecule has 0 aliphatic rings. The minimum atomic E-state index is -0.320. The second-order valence-corrected chi connectivity index (χ2v) is 6.00. The van der Waals surface area contributed by atoms with E-state index in [1.807, 2.05) is 43.4 Å². The Morgan fingerprint density at radius 1 is 1.00 bits per heavy atom. The molecule has 0 bridgehead atoms. The van der Waals surface area contributed by atoms with Crippen LogP contribution in [0, 0.1) is 0 Å². The summed E-state index contributed by atoms with van der Waals surface area (Å²) in [5.74, 6) is 0.898. The van der Waals surface area contributed by atoms with Crippen LogP contribution in [0.15, 0.2) is 74.5 Å². The van der Waals surface area contributed by atoms with Crippen molar-refractivity contribution in [3.8, 4) is 0 Å². The van der Waals surface area contributed by atoms with Gasteiger partial charge < -0.3 is 8.83 Å². The monoisotopic (exact) mass is 319 g/mol. The summed E-state index contributed by atoms with van der Waals surface area (Å²) in [6, 6.07) is 17.4. The first-order chi connectivity index (χ1) is 11.7. The van der Waals surface area contributed by atoms with Gasteiger partial charge in [0.15, 0.2) is 0 Å². The molecule has 4 aromatic rings. The van der Waals surface area contributed by atoms with Crippen LogP contribution < -0.4 is 5.63 Å². The highest BCUT2D eigenvalue weighted by Gasteiger charge is 2.12. The summed E-state index contributed by atoms with van der Waals surface area (Å²) >= 11 is 0. The van der Waals surface area contributed by atoms with Crippen LogP contribution in [-0.4, -0.2) is 11.9 Å². The molecule has 0 fully saturated rings. The van der Waals surface area contributed by atoms with Crippen LogP contribution >= 0.6 is 0 Å². The fourth-order valence-electron chi connectivity index (χ4n) is 3.16. The molecule has 0 saturated heterocycles. The van der Waals surface area contributed by atoms with Crippen LogP contribution in [0.4, 0.5) is 0 Å². The minimum absolute atomic E-state index is 0.320. The smallest absolute Gasteiger partial charge is 0.336 e. The lowest BCUT2D eigenvalue weighted by Gasteiger charge is -2.17. The number of hydrogen-bond acceptors (Lipinski definition) is 4. The molecular formula is C20H17NO3. The molecule has 0 atom stereocenters. The van der Waals surface area contributed by atoms with Gasteiger partial charge in [0.1, 0.15) is 11.3 Å². The number of nitrogens with zero attached hydrogens (tertiary/aromatic N) is 1. The number of benzene rings is 2. The Labute approximate surface area is 138 Å². The second-order valence-electron chi connectivity index (χ2n) is 6.00. The van der Waals surface area contributed by atoms with Crippen LogP contribution in [-0.2, 0) is 13.1 Å². The topological polar surface area (TPSA) is 46.6 Å². The Bertz CT molecular complexity index is 1050. The Kier molecular flexibility index (Phi) is 3.67. The Hall–Kier alpha value is -2.85. The molecule has 2 aromatic carbocycles. The van der Waals surface area contributed by atoms with Crippen molar-refractivity contribution >= 4 is 21.7 Å². The largest absolute Gasteiger partial charge is 0.468 e. The Morgan fingerprint density at radius 2 is 1.88 bits per heavy atom. The highest BCUT2D eigenvalue weighted by Crippen LogP contribution is 2.28. The fraction of sp³-hybridized carbons (Fsp3) is 0.150. The van der Waals surface area contributed by atoms with Gasteiger partial charge >= 0.3 is 5.63 Å². The molecular weight excluding hydrogens is 302 g/mol. The van der Waals surface area contributed by atoms with Gasteiger partial charge in [-0.1, -0.05) is 30.3 Å². The first-order valence-electron chi connectivity index (χ1n) is 7.86. The summed E-state index contributed by atoms with van der Waals surface area (Å²) in [7, 11) is 2.01. The van der Waals surface area contributed by atoms with Crippen molar-refractivity contribution in [2.24, 2.45) is 0 Å². The van der Waals surface area contributed by atoms with E-state index in [0.29, 0.717) is 18.7 Å². The molecule has 0 spiro atoms. The third kappa shape index (κ3) is 2.72. The summed E-state index contributed by atoms with van der Waals surface area (Å²) in [4.78, 5) is 14.1. The van der Waals surface area contributed by atoms with Gasteiger partial charge in [0.05, 0.1) is 12.8 Å². The Balaban J connectivity index is 1.81. The quantitative estimate of drug-likeness (QED) is 0.418. The molecule has 120 valence electrons. The number of fused-ring (bicyclic) bond motifs is 3. The van der Waals surface area contributed by atoms with E-state index < -0.39 is 0 Å². The normalized spacial score (nSPS) is 11.6. The maximum absolute atomic E-state index is 11.9. The molecule has 0 saturated carbocycles. The van der Waals surface area contributed by atoms with Crippen molar-refractivity contribution in [1.29, 1.82) is 0 Å². The van der Waals surface area contributed by atoms with Crippen molar-refractivity contribution < 1.29 is 8.83 Å². The summed E-state index contributed by atoms with van der Waals surface area (Å²) in [5, 5.41) is 3.23. The molecule has 0 aliphatic carbocycles. The van der Waals surface area contributed by atoms with Crippen LogP contribution in [0.5, 0.6) is 0 Å². The fourth-order valence-corrected chi connectivity index (χ4v) is 3.16. The van der Waals surface area contributed by atoms with Gasteiger partial charge in [-0.25, -0.2) is 4.79 Å². The summed E-state index contributed by atoms with van der Waals surface area (Å²) in [6.45, 7) is 1.32. The minimum Gasteiger partial charge on any atom is -0.468 e. The lowest BCUT2D eigenvalue weighted by molar-refractivity contribution is 0.288. The molecule has 24 heavy (non-hydrogen) atoms. The lowest BCUT2D eigenvalue weighted by atomic mass is 10.0. The number of rotatable bonds is 4. The molecule has 0 aliphatic heterocycles. The van der Waals surface area contributed by atoms with E-state index in [1.54, 1.807) is 12.3 Å². The SMILES string of the molecule is CN(Cc1ccco1)Cc1cc(=O)oc2ccc3ccccc3c12. The molecule has 4 heteroatoms. The molecule has 0 N–H and O–H groups in total. The zero-order valence-electron chi connectivity index (χ0n) is 13.4. The molecule has 2 heterocycles. The third-order valence-corrected chi connectivity index (χ3v) is 4.16. The van der Waals surface area contributed by atoms with E-state index in [-0.39, 0.29) is 5.63 Å². The van der Waals surface area contributed by atoms with Crippen LogP contribution in [0.25, 0.3) is 21.7 Å². The van der Waals surface area contributed by atoms with E-state index in [2.05, 4.69) is 17.0 Å². The van der Waals surface area contributed by atoms with Gasteiger partial charge in [-0.15, -0.1) is 0 Å². The first-order valence-corrected chi connectivity index (χ1v) is 7.86. The highest BCUT2D eigenvalue weighted by atomic mass is 16.4.